The van der Waals surface area contributed by atoms with Gasteiger partial charge in [0.15, 0.2) is 6.10 Å². The Bertz CT molecular complexity index is 573. The van der Waals surface area contributed by atoms with E-state index in [2.05, 4.69) is 13.8 Å². The van der Waals surface area contributed by atoms with Crippen molar-refractivity contribution >= 4 is 17.7 Å². The fraction of sp³-hybridized carbons (Fsp3) is 0.562. The maximum atomic E-state index is 12.1. The van der Waals surface area contributed by atoms with E-state index in [1.54, 1.807) is 6.08 Å². The zero-order valence-electron chi connectivity index (χ0n) is 12.9. The van der Waals surface area contributed by atoms with Gasteiger partial charge in [-0.1, -0.05) is 20.3 Å². The Labute approximate surface area is 128 Å². The number of esters is 1. The number of rotatable bonds is 5. The van der Waals surface area contributed by atoms with Crippen LogP contribution in [0.25, 0.3) is 0 Å². The summed E-state index contributed by atoms with van der Waals surface area (Å²) in [6, 6.07) is 0. The molecule has 120 valence electrons. The van der Waals surface area contributed by atoms with Gasteiger partial charge < -0.3 is 14.6 Å². The molecule has 1 unspecified atom stereocenters. The molecule has 1 N–H and O–H groups in total. The van der Waals surface area contributed by atoms with Crippen LogP contribution in [0.5, 0.6) is 0 Å². The molecular formula is C16H20O6. The monoisotopic (exact) mass is 308 g/mol. The van der Waals surface area contributed by atoms with E-state index in [1.165, 1.54) is 0 Å². The zero-order chi connectivity index (χ0) is 16.5. The standard InChI is InChI=1S/C16H20O6/c1-4-9(2)8-16(3)6-5-10(22-16)13-14(19)11(7-12(17)18)21-15(13)20/h5-6,9,11H,4,7-8H2,1-3H3,(H,17,18)/b13-10+/t9?,11-,16-/m1/s1. The molecule has 0 amide bonds. The molecule has 0 bridgehead atoms. The number of ketones is 1. The number of carboxylic acids is 1. The van der Waals surface area contributed by atoms with Gasteiger partial charge in [0.25, 0.3) is 0 Å². The minimum atomic E-state index is -1.26. The molecule has 2 aliphatic heterocycles. The molecule has 3 atom stereocenters. The molecule has 6 heteroatoms. The van der Waals surface area contributed by atoms with Gasteiger partial charge in [-0.3, -0.25) is 9.59 Å². The van der Waals surface area contributed by atoms with Gasteiger partial charge in [0.05, 0.1) is 6.42 Å². The van der Waals surface area contributed by atoms with Crippen molar-refractivity contribution in [2.45, 2.75) is 51.7 Å². The topological polar surface area (TPSA) is 89.9 Å². The Balaban J connectivity index is 2.19. The first-order chi connectivity index (χ1) is 10.3. The van der Waals surface area contributed by atoms with Crippen LogP contribution in [-0.4, -0.2) is 34.5 Å². The predicted octanol–water partition coefficient (Wildman–Crippen LogP) is 1.99. The molecule has 1 saturated heterocycles. The quantitative estimate of drug-likeness (QED) is 0.474. The Morgan fingerprint density at radius 2 is 2.14 bits per heavy atom. The molecule has 1 fully saturated rings. The van der Waals surface area contributed by atoms with Gasteiger partial charge in [0, 0.05) is 0 Å². The molecule has 2 rings (SSSR count). The van der Waals surface area contributed by atoms with E-state index in [0.717, 1.165) is 12.8 Å². The highest BCUT2D eigenvalue weighted by Gasteiger charge is 2.44. The second-order valence-corrected chi connectivity index (χ2v) is 6.06. The first-order valence-electron chi connectivity index (χ1n) is 7.35. The van der Waals surface area contributed by atoms with E-state index in [4.69, 9.17) is 14.6 Å². The summed E-state index contributed by atoms with van der Waals surface area (Å²) in [5, 5.41) is 8.73. The van der Waals surface area contributed by atoms with E-state index in [0.29, 0.717) is 5.92 Å². The van der Waals surface area contributed by atoms with Crippen molar-refractivity contribution in [2.75, 3.05) is 0 Å². The highest BCUT2D eigenvalue weighted by atomic mass is 16.6. The van der Waals surface area contributed by atoms with Gasteiger partial charge in [-0.2, -0.15) is 0 Å². The maximum Gasteiger partial charge on any atom is 0.346 e. The lowest BCUT2D eigenvalue weighted by Gasteiger charge is -2.26. The highest BCUT2D eigenvalue weighted by molar-refractivity contribution is 6.24. The average Bonchev–Trinajstić information content (AvgIpc) is 2.90. The number of aliphatic carboxylic acids is 1. The molecule has 0 aromatic rings. The van der Waals surface area contributed by atoms with E-state index in [1.807, 2.05) is 13.0 Å². The van der Waals surface area contributed by atoms with Crippen molar-refractivity contribution < 1.29 is 29.0 Å². The number of hydrogen-bond donors (Lipinski definition) is 1. The number of ether oxygens (including phenoxy) is 2. The van der Waals surface area contributed by atoms with Crippen LogP contribution in [0.1, 0.15) is 40.0 Å². The highest BCUT2D eigenvalue weighted by Crippen LogP contribution is 2.35. The molecule has 0 saturated carbocycles. The smallest absolute Gasteiger partial charge is 0.346 e. The third-order valence-electron chi connectivity index (χ3n) is 3.98. The minimum absolute atomic E-state index is 0.175. The number of carbonyl (C=O) groups is 3. The number of carbonyl (C=O) groups excluding carboxylic acids is 2. The number of hydrogen-bond acceptors (Lipinski definition) is 5. The Hall–Kier alpha value is -2.11. The van der Waals surface area contributed by atoms with Gasteiger partial charge in [-0.25, -0.2) is 4.79 Å². The van der Waals surface area contributed by atoms with Crippen molar-refractivity contribution in [3.05, 3.63) is 23.5 Å². The summed E-state index contributed by atoms with van der Waals surface area (Å²) in [7, 11) is 0. The van der Waals surface area contributed by atoms with Crippen molar-refractivity contribution in [3.63, 3.8) is 0 Å². The van der Waals surface area contributed by atoms with E-state index in [9.17, 15) is 14.4 Å². The minimum Gasteiger partial charge on any atom is -0.482 e. The molecular weight excluding hydrogens is 288 g/mol. The van der Waals surface area contributed by atoms with Crippen molar-refractivity contribution in [1.82, 2.24) is 0 Å². The lowest BCUT2D eigenvalue weighted by atomic mass is 9.92. The van der Waals surface area contributed by atoms with Crippen LogP contribution in [0.3, 0.4) is 0 Å². The lowest BCUT2D eigenvalue weighted by Crippen LogP contribution is -2.25. The Kier molecular flexibility index (Phi) is 4.39. The molecule has 0 radical (unpaired) electrons. The van der Waals surface area contributed by atoms with E-state index < -0.39 is 35.8 Å². The summed E-state index contributed by atoms with van der Waals surface area (Å²) >= 11 is 0. The largest absolute Gasteiger partial charge is 0.482 e. The number of carboxylic acid groups (broad SMARTS) is 1. The number of Topliss-reactive ketones (excluding diaryl/α,β-unsaturated/α-hetero) is 1. The maximum absolute atomic E-state index is 12.1. The van der Waals surface area contributed by atoms with Gasteiger partial charge in [-0.05, 0) is 31.4 Å². The van der Waals surface area contributed by atoms with Gasteiger partial charge >= 0.3 is 11.9 Å². The zero-order valence-corrected chi connectivity index (χ0v) is 12.9. The van der Waals surface area contributed by atoms with Crippen molar-refractivity contribution in [1.29, 1.82) is 0 Å². The molecule has 2 aliphatic rings. The normalized spacial score (nSPS) is 32.0. The summed E-state index contributed by atoms with van der Waals surface area (Å²) < 4.78 is 10.6. The summed E-state index contributed by atoms with van der Waals surface area (Å²) in [6.45, 7) is 6.08. The Morgan fingerprint density at radius 1 is 1.45 bits per heavy atom. The fourth-order valence-corrected chi connectivity index (χ4v) is 2.67. The SMILES string of the molecule is CCC(C)C[C@@]1(C)C=C/C(=C2\C(=O)O[C@H](CC(=O)O)C2=O)O1. The molecule has 0 spiro atoms. The third-order valence-corrected chi connectivity index (χ3v) is 3.98. The molecule has 22 heavy (non-hydrogen) atoms. The predicted molar refractivity (Wildman–Crippen MR) is 76.9 cm³/mol. The van der Waals surface area contributed by atoms with Gasteiger partial charge in [0.2, 0.25) is 5.78 Å². The fourth-order valence-electron chi connectivity index (χ4n) is 2.67. The van der Waals surface area contributed by atoms with Crippen LogP contribution >= 0.6 is 0 Å². The summed E-state index contributed by atoms with van der Waals surface area (Å²) in [5.41, 5.74) is -0.751. The first kappa shape index (κ1) is 16.3. The summed E-state index contributed by atoms with van der Waals surface area (Å²) in [6.07, 6.45) is 3.40. The van der Waals surface area contributed by atoms with Crippen molar-refractivity contribution in [3.8, 4) is 0 Å². The second kappa shape index (κ2) is 5.94. The van der Waals surface area contributed by atoms with E-state index in [-0.39, 0.29) is 11.3 Å². The number of cyclic esters (lactones) is 1. The molecule has 0 aliphatic carbocycles. The summed E-state index contributed by atoms with van der Waals surface area (Å²) in [5.74, 6) is -2.02. The van der Waals surface area contributed by atoms with Crippen LogP contribution in [0.2, 0.25) is 0 Å². The molecule has 0 aromatic carbocycles. The Morgan fingerprint density at radius 3 is 2.73 bits per heavy atom. The van der Waals surface area contributed by atoms with Gasteiger partial charge in [0.1, 0.15) is 16.9 Å². The molecule has 0 aromatic heterocycles. The third kappa shape index (κ3) is 3.21. The first-order valence-corrected chi connectivity index (χ1v) is 7.35. The second-order valence-electron chi connectivity index (χ2n) is 6.06. The van der Waals surface area contributed by atoms with Crippen LogP contribution in [-0.2, 0) is 23.9 Å². The lowest BCUT2D eigenvalue weighted by molar-refractivity contribution is -0.147. The molecule has 2 heterocycles. The van der Waals surface area contributed by atoms with Crippen LogP contribution in [0.4, 0.5) is 0 Å². The average molecular weight is 308 g/mol. The van der Waals surface area contributed by atoms with Crippen molar-refractivity contribution in [2.24, 2.45) is 5.92 Å². The van der Waals surface area contributed by atoms with Crippen LogP contribution in [0, 0.1) is 5.92 Å². The van der Waals surface area contributed by atoms with Crippen LogP contribution < -0.4 is 0 Å². The van der Waals surface area contributed by atoms with Gasteiger partial charge in [-0.15, -0.1) is 0 Å². The number of allylic oxidation sites excluding steroid dienone is 1. The van der Waals surface area contributed by atoms with Crippen LogP contribution in [0.15, 0.2) is 23.5 Å². The molecule has 6 nitrogen and oxygen atoms in total. The van der Waals surface area contributed by atoms with E-state index >= 15 is 0 Å². The summed E-state index contributed by atoms with van der Waals surface area (Å²) in [4.78, 5) is 34.7.